The molecule has 0 spiro atoms. The van der Waals surface area contributed by atoms with E-state index < -0.39 is 17.5 Å². The number of nitrogens with zero attached hydrogens (tertiary/aromatic N) is 1. The van der Waals surface area contributed by atoms with E-state index in [0.29, 0.717) is 17.1 Å². The zero-order valence-corrected chi connectivity index (χ0v) is 10.7. The molecule has 0 amide bonds. The van der Waals surface area contributed by atoms with Gasteiger partial charge in [-0.3, -0.25) is 0 Å². The average Bonchev–Trinajstić information content (AvgIpc) is 3.11. The zero-order valence-electron chi connectivity index (χ0n) is 9.92. The summed E-state index contributed by atoms with van der Waals surface area (Å²) in [4.78, 5) is 5.02. The van der Waals surface area contributed by atoms with Crippen molar-refractivity contribution >= 4 is 16.5 Å². The van der Waals surface area contributed by atoms with Gasteiger partial charge in [0.1, 0.15) is 5.82 Å². The lowest BCUT2D eigenvalue weighted by atomic mass is 10.1. The summed E-state index contributed by atoms with van der Waals surface area (Å²) in [7, 11) is 0. The molecule has 0 atom stereocenters. The predicted octanol–water partition coefficient (Wildman–Crippen LogP) is 3.61. The van der Waals surface area contributed by atoms with Gasteiger partial charge in [0.2, 0.25) is 0 Å². The minimum Gasteiger partial charge on any atom is -0.375 e. The number of nitrogen functional groups attached to an aromatic ring is 1. The molecular formula is C13H11F3N2S. The first-order valence-electron chi connectivity index (χ1n) is 5.93. The van der Waals surface area contributed by atoms with Crippen LogP contribution in [0.5, 0.6) is 0 Å². The molecule has 3 rings (SSSR count). The molecule has 6 heteroatoms. The first-order valence-corrected chi connectivity index (χ1v) is 6.74. The van der Waals surface area contributed by atoms with E-state index in [0.717, 1.165) is 29.5 Å². The highest BCUT2D eigenvalue weighted by Crippen LogP contribution is 2.43. The molecule has 2 nitrogen and oxygen atoms in total. The lowest BCUT2D eigenvalue weighted by molar-refractivity contribution is 0.487. The van der Waals surface area contributed by atoms with Crippen LogP contribution < -0.4 is 5.73 Å². The smallest absolute Gasteiger partial charge is 0.180 e. The topological polar surface area (TPSA) is 38.9 Å². The molecule has 0 aliphatic heterocycles. The van der Waals surface area contributed by atoms with Crippen LogP contribution in [0.25, 0.3) is 0 Å². The second kappa shape index (κ2) is 4.52. The summed E-state index contributed by atoms with van der Waals surface area (Å²) in [6, 6.07) is 1.56. The van der Waals surface area contributed by atoms with Gasteiger partial charge in [0.15, 0.2) is 16.8 Å². The van der Waals surface area contributed by atoms with Crippen LogP contribution in [0.3, 0.4) is 0 Å². The molecule has 0 unspecified atom stereocenters. The standard InChI is InChI=1S/C13H11F3N2S/c14-8-3-7(11(16)9(15)5-8)4-10-12(6-1-2-6)18-13(17)19-10/h3,5-6H,1-2,4H2,(H2,17,18). The molecule has 0 saturated heterocycles. The normalized spacial score (nSPS) is 14.9. The maximum absolute atomic E-state index is 13.6. The van der Waals surface area contributed by atoms with Gasteiger partial charge in [0.25, 0.3) is 0 Å². The van der Waals surface area contributed by atoms with E-state index in [4.69, 9.17) is 5.73 Å². The Bertz CT molecular complexity index is 635. The van der Waals surface area contributed by atoms with Crippen molar-refractivity contribution in [3.8, 4) is 0 Å². The number of hydrogen-bond acceptors (Lipinski definition) is 3. The predicted molar refractivity (Wildman–Crippen MR) is 67.6 cm³/mol. The molecule has 0 bridgehead atoms. The van der Waals surface area contributed by atoms with E-state index in [1.54, 1.807) is 0 Å². The molecule has 0 radical (unpaired) electrons. The summed E-state index contributed by atoms with van der Waals surface area (Å²) in [6.07, 6.45) is 2.20. The monoisotopic (exact) mass is 284 g/mol. The number of anilines is 1. The van der Waals surface area contributed by atoms with Gasteiger partial charge < -0.3 is 5.73 Å². The van der Waals surface area contributed by atoms with Crippen molar-refractivity contribution in [3.63, 3.8) is 0 Å². The number of hydrogen-bond donors (Lipinski definition) is 1. The van der Waals surface area contributed by atoms with Gasteiger partial charge in [-0.25, -0.2) is 18.2 Å². The third-order valence-corrected chi connectivity index (χ3v) is 4.03. The van der Waals surface area contributed by atoms with Gasteiger partial charge in [-0.2, -0.15) is 0 Å². The quantitative estimate of drug-likeness (QED) is 0.874. The van der Waals surface area contributed by atoms with Gasteiger partial charge in [-0.15, -0.1) is 11.3 Å². The molecule has 19 heavy (non-hydrogen) atoms. The lowest BCUT2D eigenvalue weighted by Crippen LogP contribution is -1.98. The Balaban J connectivity index is 1.97. The number of aromatic nitrogens is 1. The van der Waals surface area contributed by atoms with Crippen LogP contribution in [0, 0.1) is 17.5 Å². The highest BCUT2D eigenvalue weighted by molar-refractivity contribution is 7.15. The van der Waals surface area contributed by atoms with E-state index in [9.17, 15) is 13.2 Å². The summed E-state index contributed by atoms with van der Waals surface area (Å²) in [5.41, 5.74) is 6.52. The van der Waals surface area contributed by atoms with Crippen molar-refractivity contribution < 1.29 is 13.2 Å². The average molecular weight is 284 g/mol. The molecule has 100 valence electrons. The minimum atomic E-state index is -1.17. The van der Waals surface area contributed by atoms with Crippen molar-refractivity contribution in [2.45, 2.75) is 25.2 Å². The van der Waals surface area contributed by atoms with E-state index in [1.807, 2.05) is 0 Å². The summed E-state index contributed by atoms with van der Waals surface area (Å²) >= 11 is 1.25. The Hall–Kier alpha value is -1.56. The Labute approximate surface area is 112 Å². The van der Waals surface area contributed by atoms with Crippen molar-refractivity contribution in [1.82, 2.24) is 4.98 Å². The third kappa shape index (κ3) is 2.45. The number of rotatable bonds is 3. The van der Waals surface area contributed by atoms with E-state index in [1.165, 1.54) is 11.3 Å². The van der Waals surface area contributed by atoms with Gasteiger partial charge in [-0.1, -0.05) is 0 Å². The molecule has 1 aliphatic carbocycles. The maximum Gasteiger partial charge on any atom is 0.180 e. The number of halogens is 3. The summed E-state index contributed by atoms with van der Waals surface area (Å²) in [5, 5.41) is 0.411. The second-order valence-electron chi connectivity index (χ2n) is 4.67. The first kappa shape index (κ1) is 12.5. The SMILES string of the molecule is Nc1nc(C2CC2)c(Cc2cc(F)cc(F)c2F)s1. The van der Waals surface area contributed by atoms with Crippen molar-refractivity contribution in [3.05, 3.63) is 45.7 Å². The van der Waals surface area contributed by atoms with Crippen molar-refractivity contribution in [2.24, 2.45) is 0 Å². The van der Waals surface area contributed by atoms with Crippen molar-refractivity contribution in [2.75, 3.05) is 5.73 Å². The van der Waals surface area contributed by atoms with Crippen LogP contribution in [0.1, 0.15) is 34.9 Å². The van der Waals surface area contributed by atoms with Gasteiger partial charge >= 0.3 is 0 Å². The Morgan fingerprint density at radius 3 is 2.68 bits per heavy atom. The fraction of sp³-hybridized carbons (Fsp3) is 0.308. The van der Waals surface area contributed by atoms with E-state index in [-0.39, 0.29) is 12.0 Å². The molecule has 1 heterocycles. The van der Waals surface area contributed by atoms with Crippen LogP contribution in [0.2, 0.25) is 0 Å². The van der Waals surface area contributed by atoms with Crippen LogP contribution >= 0.6 is 11.3 Å². The van der Waals surface area contributed by atoms with Crippen LogP contribution in [0.4, 0.5) is 18.3 Å². The molecule has 1 aliphatic rings. The van der Waals surface area contributed by atoms with Gasteiger partial charge in [0.05, 0.1) is 5.69 Å². The van der Waals surface area contributed by atoms with Crippen LogP contribution in [-0.4, -0.2) is 4.98 Å². The van der Waals surface area contributed by atoms with Gasteiger partial charge in [-0.05, 0) is 24.5 Å². The van der Waals surface area contributed by atoms with Crippen LogP contribution in [0.15, 0.2) is 12.1 Å². The highest BCUT2D eigenvalue weighted by Gasteiger charge is 2.29. The largest absolute Gasteiger partial charge is 0.375 e. The van der Waals surface area contributed by atoms with Gasteiger partial charge in [0, 0.05) is 23.3 Å². The Morgan fingerprint density at radius 2 is 2.00 bits per heavy atom. The molecule has 1 aromatic carbocycles. The van der Waals surface area contributed by atoms with E-state index in [2.05, 4.69) is 4.98 Å². The molecule has 2 N–H and O–H groups in total. The summed E-state index contributed by atoms with van der Waals surface area (Å²) in [6.45, 7) is 0. The fourth-order valence-electron chi connectivity index (χ4n) is 2.10. The number of benzene rings is 1. The summed E-state index contributed by atoms with van der Waals surface area (Å²) < 4.78 is 39.9. The minimum absolute atomic E-state index is 0.00282. The molecule has 1 fully saturated rings. The van der Waals surface area contributed by atoms with Crippen LogP contribution in [-0.2, 0) is 6.42 Å². The Kier molecular flexibility index (Phi) is 2.97. The maximum atomic E-state index is 13.6. The molecule has 1 aromatic heterocycles. The molecular weight excluding hydrogens is 273 g/mol. The number of nitrogens with two attached hydrogens (primary N) is 1. The Morgan fingerprint density at radius 1 is 1.26 bits per heavy atom. The lowest BCUT2D eigenvalue weighted by Gasteiger charge is -2.04. The van der Waals surface area contributed by atoms with E-state index >= 15 is 0 Å². The summed E-state index contributed by atoms with van der Waals surface area (Å²) in [5.74, 6) is -2.58. The molecule has 2 aromatic rings. The third-order valence-electron chi connectivity index (χ3n) is 3.13. The fourth-order valence-corrected chi connectivity index (χ4v) is 3.04. The first-order chi connectivity index (χ1) is 9.04. The zero-order chi connectivity index (χ0) is 13.6. The molecule has 1 saturated carbocycles. The second-order valence-corrected chi connectivity index (χ2v) is 5.79. The highest BCUT2D eigenvalue weighted by atomic mass is 32.1. The van der Waals surface area contributed by atoms with Crippen molar-refractivity contribution in [1.29, 1.82) is 0 Å². The number of thiazole rings is 1.